The van der Waals surface area contributed by atoms with E-state index >= 15 is 0 Å². The van der Waals surface area contributed by atoms with Gasteiger partial charge in [0.25, 0.3) is 5.91 Å². The molecule has 4 rings (SSSR count). The third-order valence-electron chi connectivity index (χ3n) is 5.10. The van der Waals surface area contributed by atoms with Crippen molar-refractivity contribution in [3.05, 3.63) is 70.9 Å². The molecule has 0 aliphatic carbocycles. The average Bonchev–Trinajstić information content (AvgIpc) is 3.16. The van der Waals surface area contributed by atoms with Crippen LogP contribution in [0.1, 0.15) is 44.3 Å². The van der Waals surface area contributed by atoms with E-state index in [9.17, 15) is 22.4 Å². The molecule has 4 aromatic rings. The maximum Gasteiger partial charge on any atom is 0.573 e. The van der Waals surface area contributed by atoms with Crippen molar-refractivity contribution in [3.63, 3.8) is 0 Å². The van der Waals surface area contributed by atoms with E-state index in [1.54, 1.807) is 25.3 Å². The minimum atomic E-state index is -5.09. The lowest BCUT2D eigenvalue weighted by atomic mass is 10.0. The average molecular weight is 491 g/mol. The molecule has 1 amide bonds. The highest BCUT2D eigenvalue weighted by atomic mass is 19.4. The zero-order valence-corrected chi connectivity index (χ0v) is 18.3. The smallest absolute Gasteiger partial charge is 0.406 e. The SMILES string of the molecule is [2H]C([2H])([2H])[C@@H](NC(=O)c1cc(-c2ccn3nc(N)nc3c2)c(C)nc1C)c1cc(OC(F)(F)F)ccc1F. The number of nitrogens with zero attached hydrogens (tertiary/aromatic N) is 4. The largest absolute Gasteiger partial charge is 0.573 e. The number of fused-ring (bicyclic) bond motifs is 1. The van der Waals surface area contributed by atoms with Crippen LogP contribution in [0.5, 0.6) is 5.75 Å². The highest BCUT2D eigenvalue weighted by Gasteiger charge is 2.31. The third kappa shape index (κ3) is 5.15. The van der Waals surface area contributed by atoms with E-state index in [1.807, 2.05) is 0 Å². The Labute approximate surface area is 201 Å². The molecule has 182 valence electrons. The van der Waals surface area contributed by atoms with Gasteiger partial charge >= 0.3 is 6.36 Å². The fourth-order valence-electron chi connectivity index (χ4n) is 3.54. The lowest BCUT2D eigenvalue weighted by molar-refractivity contribution is -0.274. The molecule has 0 fully saturated rings. The number of nitrogen functional groups attached to an aromatic ring is 1. The quantitative estimate of drug-likeness (QED) is 0.398. The van der Waals surface area contributed by atoms with Crippen molar-refractivity contribution in [1.29, 1.82) is 0 Å². The summed E-state index contributed by atoms with van der Waals surface area (Å²) in [6.45, 7) is 0.205. The summed E-state index contributed by atoms with van der Waals surface area (Å²) in [5.74, 6) is -2.83. The molecule has 3 aromatic heterocycles. The van der Waals surface area contributed by atoms with Crippen molar-refractivity contribution in [2.24, 2.45) is 0 Å². The zero-order valence-electron chi connectivity index (χ0n) is 21.3. The van der Waals surface area contributed by atoms with Gasteiger partial charge in [-0.2, -0.15) is 4.98 Å². The predicted octanol–water partition coefficient (Wildman–Crippen LogP) is 4.52. The molecule has 8 nitrogen and oxygen atoms in total. The highest BCUT2D eigenvalue weighted by Crippen LogP contribution is 2.29. The van der Waals surface area contributed by atoms with Crippen LogP contribution < -0.4 is 15.8 Å². The Kier molecular flexibility index (Phi) is 5.10. The minimum Gasteiger partial charge on any atom is -0.406 e. The number of anilines is 1. The van der Waals surface area contributed by atoms with Crippen LogP contribution in [-0.4, -0.2) is 31.9 Å². The van der Waals surface area contributed by atoms with Gasteiger partial charge in [0, 0.05) is 27.1 Å². The summed E-state index contributed by atoms with van der Waals surface area (Å²) in [7, 11) is 0. The number of halogens is 4. The van der Waals surface area contributed by atoms with Gasteiger partial charge in [0.1, 0.15) is 11.6 Å². The summed E-state index contributed by atoms with van der Waals surface area (Å²) in [6.07, 6.45) is -3.48. The fraction of sp³-hybridized carbons (Fsp3) is 0.217. The Hall–Kier alpha value is -4.22. The van der Waals surface area contributed by atoms with Gasteiger partial charge in [-0.3, -0.25) is 9.78 Å². The van der Waals surface area contributed by atoms with Gasteiger partial charge in [0.15, 0.2) is 5.65 Å². The number of ether oxygens (including phenoxy) is 1. The van der Waals surface area contributed by atoms with E-state index in [0.717, 1.165) is 0 Å². The molecule has 3 heterocycles. The Morgan fingerprint density at radius 3 is 2.66 bits per heavy atom. The van der Waals surface area contributed by atoms with Gasteiger partial charge in [-0.25, -0.2) is 8.91 Å². The number of aromatic nitrogens is 4. The van der Waals surface area contributed by atoms with E-state index in [1.165, 1.54) is 17.5 Å². The number of nitrogens with one attached hydrogen (secondary N) is 1. The lowest BCUT2D eigenvalue weighted by Gasteiger charge is -2.18. The number of amides is 1. The maximum absolute atomic E-state index is 14.6. The highest BCUT2D eigenvalue weighted by molar-refractivity contribution is 5.97. The first-order valence-corrected chi connectivity index (χ1v) is 10.1. The maximum atomic E-state index is 14.6. The summed E-state index contributed by atoms with van der Waals surface area (Å²) in [5.41, 5.74) is 7.26. The van der Waals surface area contributed by atoms with E-state index in [2.05, 4.69) is 25.1 Å². The first-order chi connectivity index (χ1) is 17.6. The van der Waals surface area contributed by atoms with Gasteiger partial charge in [-0.15, -0.1) is 18.3 Å². The molecular formula is C23H20F4N6O2. The number of hydrogen-bond donors (Lipinski definition) is 2. The normalized spacial score (nSPS) is 14.2. The molecule has 1 aromatic carbocycles. The van der Waals surface area contributed by atoms with Crippen LogP contribution in [-0.2, 0) is 0 Å². The summed E-state index contributed by atoms with van der Waals surface area (Å²) >= 11 is 0. The van der Waals surface area contributed by atoms with Crippen LogP contribution in [0.15, 0.2) is 42.6 Å². The number of benzene rings is 1. The number of nitrogens with two attached hydrogens (primary N) is 1. The summed E-state index contributed by atoms with van der Waals surface area (Å²) < 4.78 is 81.3. The van der Waals surface area contributed by atoms with Crippen molar-refractivity contribution in [2.75, 3.05) is 5.73 Å². The monoisotopic (exact) mass is 491 g/mol. The first-order valence-electron chi connectivity index (χ1n) is 11.6. The second-order valence-electron chi connectivity index (χ2n) is 7.58. The molecule has 3 N–H and O–H groups in total. The number of carbonyl (C=O) groups is 1. The van der Waals surface area contributed by atoms with E-state index < -0.39 is 42.3 Å². The van der Waals surface area contributed by atoms with Gasteiger partial charge in [0.2, 0.25) is 5.95 Å². The van der Waals surface area contributed by atoms with Gasteiger partial charge < -0.3 is 15.8 Å². The molecule has 0 spiro atoms. The molecule has 0 saturated heterocycles. The predicted molar refractivity (Wildman–Crippen MR) is 119 cm³/mol. The molecule has 0 bridgehead atoms. The number of rotatable bonds is 5. The van der Waals surface area contributed by atoms with E-state index in [-0.39, 0.29) is 17.2 Å². The summed E-state index contributed by atoms with van der Waals surface area (Å²) in [5, 5.41) is 6.23. The van der Waals surface area contributed by atoms with Crippen molar-refractivity contribution >= 4 is 17.5 Å². The molecule has 0 unspecified atom stereocenters. The molecule has 35 heavy (non-hydrogen) atoms. The minimum absolute atomic E-state index is 0.0243. The standard InChI is InChI=1S/C23H20F4N6O2/c1-11-16(14-6-7-33-20(8-14)31-22(28)32-33)10-18(13(3)29-11)21(34)30-12(2)17-9-15(4-5-19(17)24)35-23(25,26)27/h4-10,12H,1-3H3,(H2,28,32)(H,30,34)/t12-/m1/s1/i2D3. The Balaban J connectivity index is 1.72. The van der Waals surface area contributed by atoms with Crippen LogP contribution in [0.4, 0.5) is 23.5 Å². The topological polar surface area (TPSA) is 107 Å². The molecule has 1 atom stereocenters. The second kappa shape index (κ2) is 8.85. The van der Waals surface area contributed by atoms with Gasteiger partial charge in [-0.1, -0.05) is 0 Å². The van der Waals surface area contributed by atoms with Gasteiger partial charge in [-0.05, 0) is 62.7 Å². The molecule has 0 saturated carbocycles. The molecular weight excluding hydrogens is 468 g/mol. The lowest BCUT2D eigenvalue weighted by Crippen LogP contribution is -2.28. The number of aryl methyl sites for hydroxylation is 2. The second-order valence-corrected chi connectivity index (χ2v) is 7.58. The van der Waals surface area contributed by atoms with Crippen molar-refractivity contribution in [2.45, 2.75) is 33.1 Å². The summed E-state index contributed by atoms with van der Waals surface area (Å²) in [6, 6.07) is 4.76. The third-order valence-corrected chi connectivity index (χ3v) is 5.10. The van der Waals surface area contributed by atoms with Gasteiger partial charge in [0.05, 0.1) is 17.3 Å². The molecule has 0 aliphatic rings. The van der Waals surface area contributed by atoms with Crippen LogP contribution >= 0.6 is 0 Å². The summed E-state index contributed by atoms with van der Waals surface area (Å²) in [4.78, 5) is 21.7. The van der Waals surface area contributed by atoms with E-state index in [4.69, 9.17) is 9.85 Å². The van der Waals surface area contributed by atoms with Crippen molar-refractivity contribution in [3.8, 4) is 16.9 Å². The zero-order chi connectivity index (χ0) is 28.0. The number of hydrogen-bond acceptors (Lipinski definition) is 6. The Morgan fingerprint density at radius 1 is 1.17 bits per heavy atom. The molecule has 0 aliphatic heterocycles. The van der Waals surface area contributed by atoms with Crippen molar-refractivity contribution < 1.29 is 31.2 Å². The number of carbonyl (C=O) groups excluding carboxylic acids is 1. The van der Waals surface area contributed by atoms with Crippen LogP contribution in [0, 0.1) is 19.7 Å². The van der Waals surface area contributed by atoms with Crippen LogP contribution in [0.2, 0.25) is 0 Å². The molecule has 0 radical (unpaired) electrons. The fourth-order valence-corrected chi connectivity index (χ4v) is 3.54. The van der Waals surface area contributed by atoms with Crippen LogP contribution in [0.3, 0.4) is 0 Å². The number of pyridine rings is 2. The van der Waals surface area contributed by atoms with Crippen molar-refractivity contribution in [1.82, 2.24) is 24.9 Å². The number of alkyl halides is 3. The Bertz CT molecular complexity index is 1540. The Morgan fingerprint density at radius 2 is 1.94 bits per heavy atom. The first kappa shape index (κ1) is 20.2. The van der Waals surface area contributed by atoms with Crippen LogP contribution in [0.25, 0.3) is 16.8 Å². The molecule has 12 heteroatoms. The van der Waals surface area contributed by atoms with E-state index in [0.29, 0.717) is 40.7 Å².